The minimum absolute atomic E-state index is 0.0166. The van der Waals surface area contributed by atoms with E-state index >= 15 is 0 Å². The normalized spacial score (nSPS) is 18.4. The lowest BCUT2D eigenvalue weighted by Gasteiger charge is -2.27. The van der Waals surface area contributed by atoms with E-state index < -0.39 is 17.6 Å². The van der Waals surface area contributed by atoms with Crippen molar-refractivity contribution in [1.82, 2.24) is 9.88 Å². The number of esters is 1. The third-order valence-electron chi connectivity index (χ3n) is 6.63. The minimum atomic E-state index is -4.58. The molecule has 0 atom stereocenters. The van der Waals surface area contributed by atoms with Crippen LogP contribution in [-0.4, -0.2) is 30.1 Å². The lowest BCUT2D eigenvalue weighted by atomic mass is 9.82. The fourth-order valence-electron chi connectivity index (χ4n) is 4.71. The van der Waals surface area contributed by atoms with Crippen molar-refractivity contribution in [2.45, 2.75) is 38.4 Å². The molecule has 1 aliphatic rings. The van der Waals surface area contributed by atoms with Crippen LogP contribution >= 0.6 is 11.6 Å². The molecule has 0 unspecified atom stereocenters. The first kappa shape index (κ1) is 25.1. The molecule has 9 heteroatoms. The number of nitrogens with one attached hydrogen (secondary N) is 1. The Bertz CT molecular complexity index is 1210. The molecule has 35 heavy (non-hydrogen) atoms. The lowest BCUT2D eigenvalue weighted by Crippen LogP contribution is -2.33. The number of carbonyl (C=O) groups excluding carboxylic acids is 2. The van der Waals surface area contributed by atoms with Crippen molar-refractivity contribution in [1.29, 1.82) is 0 Å². The highest BCUT2D eigenvalue weighted by molar-refractivity contribution is 6.30. The van der Waals surface area contributed by atoms with Gasteiger partial charge in [0, 0.05) is 29.7 Å². The summed E-state index contributed by atoms with van der Waals surface area (Å²) in [4.78, 5) is 24.9. The van der Waals surface area contributed by atoms with Gasteiger partial charge in [-0.05, 0) is 67.5 Å². The minimum Gasteiger partial charge on any atom is -0.469 e. The van der Waals surface area contributed by atoms with Gasteiger partial charge in [-0.2, -0.15) is 13.2 Å². The summed E-state index contributed by atoms with van der Waals surface area (Å²) in [5.41, 5.74) is 0.468. The number of halogens is 4. The van der Waals surface area contributed by atoms with E-state index in [4.69, 9.17) is 16.3 Å². The Hall–Kier alpha value is -3.00. The predicted molar refractivity (Wildman–Crippen MR) is 127 cm³/mol. The van der Waals surface area contributed by atoms with E-state index in [2.05, 4.69) is 5.32 Å². The number of alkyl halides is 3. The zero-order valence-corrected chi connectivity index (χ0v) is 20.0. The second kappa shape index (κ2) is 10.3. The zero-order valence-electron chi connectivity index (χ0n) is 19.2. The molecule has 0 spiro atoms. The number of carbonyl (C=O) groups is 2. The number of methoxy groups -OCH3 is 1. The van der Waals surface area contributed by atoms with Crippen molar-refractivity contribution in [3.63, 3.8) is 0 Å². The quantitative estimate of drug-likeness (QED) is 0.413. The number of nitrogens with zero attached hydrogens (tertiary/aromatic N) is 1. The van der Waals surface area contributed by atoms with E-state index in [-0.39, 0.29) is 23.4 Å². The molecule has 1 heterocycles. The highest BCUT2D eigenvalue weighted by Gasteiger charge is 2.33. The van der Waals surface area contributed by atoms with Crippen LogP contribution in [-0.2, 0) is 22.3 Å². The Labute approximate surface area is 206 Å². The molecule has 1 amide bonds. The van der Waals surface area contributed by atoms with E-state index in [1.807, 2.05) is 12.1 Å². The van der Waals surface area contributed by atoms with E-state index in [9.17, 15) is 22.8 Å². The zero-order chi connectivity index (χ0) is 25.2. The number of ether oxygens (including phenoxy) is 1. The standard InChI is InChI=1S/C26H26ClF3N2O3/c1-35-25(34)18-6-2-16(3-7-18)14-31-24(33)22-13-20(26(28,29)30)12-19-10-11-32(23(19)22)15-17-4-8-21(27)9-5-17/h4-5,8-13,16,18H,2-3,6-7,14-15H2,1H3,(H,31,33). The Kier molecular flexibility index (Phi) is 7.40. The van der Waals surface area contributed by atoms with Crippen molar-refractivity contribution >= 4 is 34.4 Å². The largest absolute Gasteiger partial charge is 0.469 e. The Morgan fingerprint density at radius 2 is 1.77 bits per heavy atom. The SMILES string of the molecule is COC(=O)C1CCC(CNC(=O)c2cc(C(F)(F)F)cc3ccn(Cc4ccc(Cl)cc4)c23)CC1. The first-order valence-electron chi connectivity index (χ1n) is 11.5. The van der Waals surface area contributed by atoms with Gasteiger partial charge < -0.3 is 14.6 Å². The molecule has 0 saturated heterocycles. The molecule has 5 nitrogen and oxygen atoms in total. The average Bonchev–Trinajstić information content (AvgIpc) is 3.25. The second-order valence-corrected chi connectivity index (χ2v) is 9.42. The van der Waals surface area contributed by atoms with Gasteiger partial charge in [-0.3, -0.25) is 9.59 Å². The number of hydrogen-bond acceptors (Lipinski definition) is 3. The molecule has 1 aliphatic carbocycles. The van der Waals surface area contributed by atoms with Crippen molar-refractivity contribution in [3.05, 3.63) is 70.4 Å². The highest BCUT2D eigenvalue weighted by Crippen LogP contribution is 2.34. The van der Waals surface area contributed by atoms with Crippen LogP contribution in [0.1, 0.15) is 47.2 Å². The molecule has 1 N–H and O–H groups in total. The van der Waals surface area contributed by atoms with Gasteiger partial charge in [0.15, 0.2) is 0 Å². The van der Waals surface area contributed by atoms with E-state index in [0.29, 0.717) is 41.9 Å². The van der Waals surface area contributed by atoms with Gasteiger partial charge in [0.1, 0.15) is 0 Å². The molecule has 0 radical (unpaired) electrons. The topological polar surface area (TPSA) is 60.3 Å². The Balaban J connectivity index is 1.57. The average molecular weight is 507 g/mol. The molecule has 1 saturated carbocycles. The fourth-order valence-corrected chi connectivity index (χ4v) is 4.83. The fraction of sp³-hybridized carbons (Fsp3) is 0.385. The highest BCUT2D eigenvalue weighted by atomic mass is 35.5. The molecule has 186 valence electrons. The lowest BCUT2D eigenvalue weighted by molar-refractivity contribution is -0.146. The van der Waals surface area contributed by atoms with Crippen LogP contribution in [0.15, 0.2) is 48.7 Å². The van der Waals surface area contributed by atoms with E-state index in [1.165, 1.54) is 7.11 Å². The smallest absolute Gasteiger partial charge is 0.416 e. The molecule has 0 bridgehead atoms. The maximum absolute atomic E-state index is 13.6. The van der Waals surface area contributed by atoms with Gasteiger partial charge >= 0.3 is 12.1 Å². The Morgan fingerprint density at radius 3 is 2.40 bits per heavy atom. The monoisotopic (exact) mass is 506 g/mol. The summed E-state index contributed by atoms with van der Waals surface area (Å²) in [6.45, 7) is 0.714. The third kappa shape index (κ3) is 5.81. The number of amides is 1. The maximum Gasteiger partial charge on any atom is 0.416 e. The van der Waals surface area contributed by atoms with Crippen LogP contribution < -0.4 is 5.32 Å². The van der Waals surface area contributed by atoms with Gasteiger partial charge in [0.25, 0.3) is 5.91 Å². The van der Waals surface area contributed by atoms with Crippen LogP contribution in [0.5, 0.6) is 0 Å². The van der Waals surface area contributed by atoms with Gasteiger partial charge in [-0.25, -0.2) is 0 Å². The molecule has 4 rings (SSSR count). The molecular formula is C26H26ClF3N2O3. The molecule has 1 fully saturated rings. The number of rotatable bonds is 6. The van der Waals surface area contributed by atoms with Crippen molar-refractivity contribution < 1.29 is 27.5 Å². The second-order valence-electron chi connectivity index (χ2n) is 8.98. The van der Waals surface area contributed by atoms with Crippen LogP contribution in [0.4, 0.5) is 13.2 Å². The Morgan fingerprint density at radius 1 is 1.09 bits per heavy atom. The van der Waals surface area contributed by atoms with Crippen molar-refractivity contribution in [2.24, 2.45) is 11.8 Å². The summed E-state index contributed by atoms with van der Waals surface area (Å²) in [5, 5.41) is 3.76. The number of fused-ring (bicyclic) bond motifs is 1. The van der Waals surface area contributed by atoms with Crippen LogP contribution in [0.25, 0.3) is 10.9 Å². The summed E-state index contributed by atoms with van der Waals surface area (Å²) in [6.07, 6.45) is -0.0655. The van der Waals surface area contributed by atoms with E-state index in [1.54, 1.807) is 29.0 Å². The first-order chi connectivity index (χ1) is 16.7. The molecule has 0 aliphatic heterocycles. The number of hydrogen-bond donors (Lipinski definition) is 1. The maximum atomic E-state index is 13.6. The molecule has 3 aromatic rings. The van der Waals surface area contributed by atoms with Crippen LogP contribution in [0.3, 0.4) is 0 Å². The van der Waals surface area contributed by atoms with Crippen LogP contribution in [0.2, 0.25) is 5.02 Å². The van der Waals surface area contributed by atoms with E-state index in [0.717, 1.165) is 30.5 Å². The number of benzene rings is 2. The van der Waals surface area contributed by atoms with Crippen molar-refractivity contribution in [3.8, 4) is 0 Å². The van der Waals surface area contributed by atoms with Crippen molar-refractivity contribution in [2.75, 3.05) is 13.7 Å². The van der Waals surface area contributed by atoms with Crippen LogP contribution in [0, 0.1) is 11.8 Å². The van der Waals surface area contributed by atoms with Gasteiger partial charge in [0.05, 0.1) is 29.7 Å². The number of aromatic nitrogens is 1. The van der Waals surface area contributed by atoms with Gasteiger partial charge in [0.2, 0.25) is 0 Å². The van der Waals surface area contributed by atoms with Gasteiger partial charge in [-0.15, -0.1) is 0 Å². The third-order valence-corrected chi connectivity index (χ3v) is 6.88. The summed E-state index contributed by atoms with van der Waals surface area (Å²) < 4.78 is 47.3. The molecule has 1 aromatic heterocycles. The summed E-state index contributed by atoms with van der Waals surface area (Å²) >= 11 is 5.96. The van der Waals surface area contributed by atoms with Gasteiger partial charge in [-0.1, -0.05) is 23.7 Å². The first-order valence-corrected chi connectivity index (χ1v) is 11.8. The summed E-state index contributed by atoms with van der Waals surface area (Å²) in [5.74, 6) is -0.749. The molecule has 2 aromatic carbocycles. The predicted octanol–water partition coefficient (Wildman–Crippen LogP) is 6.07. The molecular weight excluding hydrogens is 481 g/mol. The summed E-state index contributed by atoms with van der Waals surface area (Å²) in [7, 11) is 1.37. The summed E-state index contributed by atoms with van der Waals surface area (Å²) in [6, 6.07) is 10.7.